The summed E-state index contributed by atoms with van der Waals surface area (Å²) in [7, 11) is 0. The van der Waals surface area contributed by atoms with Crippen molar-refractivity contribution in [2.24, 2.45) is 0 Å². The summed E-state index contributed by atoms with van der Waals surface area (Å²) in [6.07, 6.45) is 3.91. The molecule has 1 unspecified atom stereocenters. The molecule has 0 saturated carbocycles. The monoisotopic (exact) mass is 325 g/mol. The molecular formula is C19H23N3O2. The van der Waals surface area contributed by atoms with E-state index in [-0.39, 0.29) is 17.4 Å². The maximum atomic E-state index is 12.7. The smallest absolute Gasteiger partial charge is 0.253 e. The van der Waals surface area contributed by atoms with Gasteiger partial charge in [-0.25, -0.2) is 9.97 Å². The highest BCUT2D eigenvalue weighted by Gasteiger charge is 2.28. The van der Waals surface area contributed by atoms with Gasteiger partial charge >= 0.3 is 0 Å². The zero-order valence-corrected chi connectivity index (χ0v) is 14.4. The Morgan fingerprint density at radius 1 is 1.21 bits per heavy atom. The highest BCUT2D eigenvalue weighted by molar-refractivity contribution is 5.94. The van der Waals surface area contributed by atoms with Gasteiger partial charge in [-0.3, -0.25) is 4.79 Å². The fourth-order valence-electron chi connectivity index (χ4n) is 2.82. The number of hydrogen-bond donors (Lipinski definition) is 0. The lowest BCUT2D eigenvalue weighted by Crippen LogP contribution is -2.31. The van der Waals surface area contributed by atoms with Crippen molar-refractivity contribution >= 4 is 5.91 Å². The second kappa shape index (κ2) is 6.59. The zero-order valence-electron chi connectivity index (χ0n) is 14.4. The molecule has 2 aromatic rings. The average molecular weight is 325 g/mol. The number of nitrogens with zero attached hydrogens (tertiary/aromatic N) is 3. The van der Waals surface area contributed by atoms with E-state index in [9.17, 15) is 4.79 Å². The van der Waals surface area contributed by atoms with Crippen molar-refractivity contribution in [1.82, 2.24) is 14.9 Å². The van der Waals surface area contributed by atoms with E-state index in [0.29, 0.717) is 19.0 Å². The molecular weight excluding hydrogens is 302 g/mol. The van der Waals surface area contributed by atoms with Crippen molar-refractivity contribution in [3.05, 3.63) is 54.0 Å². The SMILES string of the molecule is CC(C)(C)c1ccc(C(=O)N2CCC(Oc3ccncn3)C2)cc1. The summed E-state index contributed by atoms with van der Waals surface area (Å²) in [5.74, 6) is 0.614. The van der Waals surface area contributed by atoms with Gasteiger partial charge in [-0.1, -0.05) is 32.9 Å². The first-order chi connectivity index (χ1) is 11.4. The first-order valence-corrected chi connectivity index (χ1v) is 8.26. The molecule has 126 valence electrons. The van der Waals surface area contributed by atoms with Crippen molar-refractivity contribution in [2.45, 2.75) is 38.7 Å². The largest absolute Gasteiger partial charge is 0.472 e. The first-order valence-electron chi connectivity index (χ1n) is 8.26. The summed E-state index contributed by atoms with van der Waals surface area (Å²) in [4.78, 5) is 22.4. The Labute approximate surface area is 142 Å². The molecule has 5 nitrogen and oxygen atoms in total. The van der Waals surface area contributed by atoms with E-state index >= 15 is 0 Å². The van der Waals surface area contributed by atoms with Crippen LogP contribution in [0.1, 0.15) is 43.1 Å². The van der Waals surface area contributed by atoms with Crippen LogP contribution in [-0.4, -0.2) is 40.0 Å². The van der Waals surface area contributed by atoms with E-state index in [2.05, 4.69) is 30.7 Å². The van der Waals surface area contributed by atoms with Crippen molar-refractivity contribution < 1.29 is 9.53 Å². The molecule has 2 heterocycles. The molecule has 0 N–H and O–H groups in total. The topological polar surface area (TPSA) is 55.3 Å². The Balaban J connectivity index is 1.62. The number of amides is 1. The molecule has 0 radical (unpaired) electrons. The molecule has 1 aromatic heterocycles. The van der Waals surface area contributed by atoms with E-state index in [0.717, 1.165) is 12.0 Å². The number of benzene rings is 1. The van der Waals surface area contributed by atoms with E-state index in [4.69, 9.17) is 4.74 Å². The van der Waals surface area contributed by atoms with Crippen LogP contribution in [0.25, 0.3) is 0 Å². The molecule has 1 amide bonds. The van der Waals surface area contributed by atoms with Crippen LogP contribution in [0.4, 0.5) is 0 Å². The Bertz CT molecular complexity index is 693. The van der Waals surface area contributed by atoms with E-state index in [1.807, 2.05) is 29.2 Å². The minimum absolute atomic E-state index is 0.0160. The maximum Gasteiger partial charge on any atom is 0.253 e. The summed E-state index contributed by atoms with van der Waals surface area (Å²) in [5.41, 5.74) is 2.04. The number of rotatable bonds is 3. The summed E-state index contributed by atoms with van der Waals surface area (Å²) >= 11 is 0. The molecule has 0 spiro atoms. The summed E-state index contributed by atoms with van der Waals surface area (Å²) in [6, 6.07) is 9.65. The standard InChI is InChI=1S/C19H23N3O2/c1-19(2,3)15-6-4-14(5-7-15)18(23)22-11-9-16(12-22)24-17-8-10-20-13-21-17/h4-8,10,13,16H,9,11-12H2,1-3H3. The summed E-state index contributed by atoms with van der Waals surface area (Å²) in [6.45, 7) is 7.79. The Hall–Kier alpha value is -2.43. The lowest BCUT2D eigenvalue weighted by Gasteiger charge is -2.20. The first kappa shape index (κ1) is 16.4. The third-order valence-corrected chi connectivity index (χ3v) is 4.27. The van der Waals surface area contributed by atoms with Gasteiger partial charge in [-0.05, 0) is 23.1 Å². The van der Waals surface area contributed by atoms with Crippen molar-refractivity contribution in [2.75, 3.05) is 13.1 Å². The van der Waals surface area contributed by atoms with Gasteiger partial charge in [-0.15, -0.1) is 0 Å². The lowest BCUT2D eigenvalue weighted by atomic mass is 9.86. The number of aromatic nitrogens is 2. The minimum Gasteiger partial charge on any atom is -0.472 e. The van der Waals surface area contributed by atoms with Crippen LogP contribution in [0.2, 0.25) is 0 Å². The molecule has 5 heteroatoms. The average Bonchev–Trinajstić information content (AvgIpc) is 3.03. The number of carbonyl (C=O) groups is 1. The van der Waals surface area contributed by atoms with Crippen LogP contribution in [0.5, 0.6) is 5.88 Å². The predicted octanol–water partition coefficient (Wildman–Crippen LogP) is 3.07. The molecule has 0 bridgehead atoms. The third kappa shape index (κ3) is 3.72. The van der Waals surface area contributed by atoms with Gasteiger partial charge in [-0.2, -0.15) is 0 Å². The van der Waals surface area contributed by atoms with Gasteiger partial charge in [0.25, 0.3) is 5.91 Å². The van der Waals surface area contributed by atoms with Crippen LogP contribution < -0.4 is 4.74 Å². The van der Waals surface area contributed by atoms with E-state index in [1.54, 1.807) is 12.3 Å². The van der Waals surface area contributed by atoms with Crippen LogP contribution in [0, 0.1) is 0 Å². The van der Waals surface area contributed by atoms with Crippen molar-refractivity contribution in [1.29, 1.82) is 0 Å². The molecule has 24 heavy (non-hydrogen) atoms. The predicted molar refractivity (Wildman–Crippen MR) is 92.1 cm³/mol. The van der Waals surface area contributed by atoms with Gasteiger partial charge in [0.1, 0.15) is 12.4 Å². The van der Waals surface area contributed by atoms with E-state index < -0.39 is 0 Å². The molecule has 1 aliphatic rings. The molecule has 1 atom stereocenters. The van der Waals surface area contributed by atoms with Gasteiger partial charge in [0, 0.05) is 30.8 Å². The van der Waals surface area contributed by atoms with Crippen LogP contribution in [-0.2, 0) is 5.41 Å². The zero-order chi connectivity index (χ0) is 17.2. The highest BCUT2D eigenvalue weighted by Crippen LogP contribution is 2.23. The lowest BCUT2D eigenvalue weighted by molar-refractivity contribution is 0.0771. The third-order valence-electron chi connectivity index (χ3n) is 4.27. The molecule has 3 rings (SSSR count). The molecule has 0 aliphatic carbocycles. The Kier molecular flexibility index (Phi) is 4.51. The molecule has 1 aliphatic heterocycles. The molecule has 1 saturated heterocycles. The minimum atomic E-state index is -0.0160. The van der Waals surface area contributed by atoms with Gasteiger partial charge in [0.2, 0.25) is 5.88 Å². The molecule has 1 aromatic carbocycles. The van der Waals surface area contributed by atoms with Gasteiger partial charge in [0.15, 0.2) is 0 Å². The summed E-state index contributed by atoms with van der Waals surface area (Å²) in [5, 5.41) is 0. The maximum absolute atomic E-state index is 12.7. The fraction of sp³-hybridized carbons (Fsp3) is 0.421. The van der Waals surface area contributed by atoms with Crippen LogP contribution in [0.3, 0.4) is 0 Å². The van der Waals surface area contributed by atoms with E-state index in [1.165, 1.54) is 11.9 Å². The normalized spacial score (nSPS) is 17.8. The fourth-order valence-corrected chi connectivity index (χ4v) is 2.82. The number of carbonyl (C=O) groups excluding carboxylic acids is 1. The van der Waals surface area contributed by atoms with Crippen LogP contribution in [0.15, 0.2) is 42.9 Å². The van der Waals surface area contributed by atoms with Crippen molar-refractivity contribution in [3.63, 3.8) is 0 Å². The van der Waals surface area contributed by atoms with Crippen LogP contribution >= 0.6 is 0 Å². The van der Waals surface area contributed by atoms with Gasteiger partial charge < -0.3 is 9.64 Å². The Morgan fingerprint density at radius 2 is 1.96 bits per heavy atom. The summed E-state index contributed by atoms with van der Waals surface area (Å²) < 4.78 is 5.81. The number of ether oxygens (including phenoxy) is 1. The molecule has 1 fully saturated rings. The Morgan fingerprint density at radius 3 is 2.58 bits per heavy atom. The number of likely N-dealkylation sites (tertiary alicyclic amines) is 1. The van der Waals surface area contributed by atoms with Gasteiger partial charge in [0.05, 0.1) is 6.54 Å². The second-order valence-corrected chi connectivity index (χ2v) is 7.15. The van der Waals surface area contributed by atoms with Crippen molar-refractivity contribution in [3.8, 4) is 5.88 Å². The highest BCUT2D eigenvalue weighted by atomic mass is 16.5. The quantitative estimate of drug-likeness (QED) is 0.870. The number of hydrogen-bond acceptors (Lipinski definition) is 4. The second-order valence-electron chi connectivity index (χ2n) is 7.15.